The van der Waals surface area contributed by atoms with E-state index in [0.29, 0.717) is 10.5 Å². The van der Waals surface area contributed by atoms with Gasteiger partial charge in [-0.05, 0) is 49.4 Å². The summed E-state index contributed by atoms with van der Waals surface area (Å²) in [6, 6.07) is 6.26. The van der Waals surface area contributed by atoms with Crippen molar-refractivity contribution in [2.24, 2.45) is 5.41 Å². The van der Waals surface area contributed by atoms with Crippen molar-refractivity contribution < 1.29 is 37.4 Å². The summed E-state index contributed by atoms with van der Waals surface area (Å²) in [7, 11) is 0. The van der Waals surface area contributed by atoms with Gasteiger partial charge in [0, 0.05) is 10.2 Å². The summed E-state index contributed by atoms with van der Waals surface area (Å²) in [5, 5.41) is 19.7. The van der Waals surface area contributed by atoms with Gasteiger partial charge in [0.1, 0.15) is 11.2 Å². The number of carboxylic acids is 2. The average Bonchev–Trinajstić information content (AvgIpc) is 2.70. The van der Waals surface area contributed by atoms with Gasteiger partial charge in [-0.15, -0.1) is 0 Å². The molecule has 5 nitrogen and oxygen atoms in total. The maximum Gasteiger partial charge on any atom is 0.418 e. The summed E-state index contributed by atoms with van der Waals surface area (Å²) in [4.78, 5) is 25.0. The van der Waals surface area contributed by atoms with Gasteiger partial charge in [0.2, 0.25) is 0 Å². The number of rotatable bonds is 5. The monoisotopic (exact) mass is 513 g/mol. The van der Waals surface area contributed by atoms with Gasteiger partial charge in [-0.3, -0.25) is 4.79 Å². The molecule has 168 valence electrons. The number of alkyl halides is 3. The van der Waals surface area contributed by atoms with Crippen molar-refractivity contribution >= 4 is 39.2 Å². The van der Waals surface area contributed by atoms with E-state index in [-0.39, 0.29) is 5.69 Å². The molecular weight excluding hydrogens is 498 g/mol. The number of hydrogen-bond acceptors (Lipinski definition) is 3. The van der Waals surface area contributed by atoms with Crippen LogP contribution in [0.3, 0.4) is 0 Å². The van der Waals surface area contributed by atoms with Gasteiger partial charge in [-0.25, -0.2) is 9.18 Å². The highest BCUT2D eigenvalue weighted by Gasteiger charge is 2.50. The lowest BCUT2D eigenvalue weighted by molar-refractivity contribution is -0.146. The van der Waals surface area contributed by atoms with Crippen molar-refractivity contribution in [3.63, 3.8) is 0 Å². The zero-order valence-electron chi connectivity index (χ0n) is 16.4. The molecule has 1 aliphatic carbocycles. The molecular formula is C22H16BrF4NO4. The van der Waals surface area contributed by atoms with Crippen LogP contribution in [0.15, 0.2) is 70.7 Å². The third-order valence-electron chi connectivity index (χ3n) is 5.18. The summed E-state index contributed by atoms with van der Waals surface area (Å²) >= 11 is 3.20. The molecule has 0 aliphatic heterocycles. The van der Waals surface area contributed by atoms with Crippen molar-refractivity contribution in [2.75, 3.05) is 4.90 Å². The zero-order valence-corrected chi connectivity index (χ0v) is 18.0. The SMILES string of the molecule is CC1(C(=O)O)C=CC=C(C(=O)O)C1N(c1ccc(Br)cc1)c1c(F)cccc1C(F)(F)F. The quantitative estimate of drug-likeness (QED) is 0.495. The highest BCUT2D eigenvalue weighted by Crippen LogP contribution is 2.47. The first-order chi connectivity index (χ1) is 14.9. The fourth-order valence-corrected chi connectivity index (χ4v) is 3.90. The van der Waals surface area contributed by atoms with Gasteiger partial charge in [-0.2, -0.15) is 13.2 Å². The fraction of sp³-hybridized carbons (Fsp3) is 0.182. The second-order valence-corrected chi connectivity index (χ2v) is 8.17. The van der Waals surface area contributed by atoms with Crippen LogP contribution in [0, 0.1) is 11.2 Å². The minimum atomic E-state index is -5.00. The van der Waals surface area contributed by atoms with Crippen LogP contribution in [0.25, 0.3) is 0 Å². The number of hydrogen-bond donors (Lipinski definition) is 2. The van der Waals surface area contributed by atoms with Crippen molar-refractivity contribution in [1.29, 1.82) is 0 Å². The van der Waals surface area contributed by atoms with Crippen molar-refractivity contribution in [2.45, 2.75) is 19.1 Å². The molecule has 32 heavy (non-hydrogen) atoms. The van der Waals surface area contributed by atoms with E-state index in [1.807, 2.05) is 0 Å². The van der Waals surface area contributed by atoms with Gasteiger partial charge in [0.15, 0.2) is 0 Å². The van der Waals surface area contributed by atoms with Crippen LogP contribution in [-0.4, -0.2) is 28.2 Å². The fourth-order valence-electron chi connectivity index (χ4n) is 3.64. The Kier molecular flexibility index (Phi) is 6.19. The van der Waals surface area contributed by atoms with Crippen LogP contribution in [-0.2, 0) is 15.8 Å². The largest absolute Gasteiger partial charge is 0.481 e. The Bertz CT molecular complexity index is 1130. The lowest BCUT2D eigenvalue weighted by Gasteiger charge is -2.43. The first-order valence-electron chi connectivity index (χ1n) is 9.14. The van der Waals surface area contributed by atoms with E-state index in [4.69, 9.17) is 0 Å². The summed E-state index contributed by atoms with van der Waals surface area (Å²) < 4.78 is 57.2. The average molecular weight is 514 g/mol. The van der Waals surface area contributed by atoms with Gasteiger partial charge < -0.3 is 15.1 Å². The van der Waals surface area contributed by atoms with Crippen LogP contribution in [0.2, 0.25) is 0 Å². The summed E-state index contributed by atoms with van der Waals surface area (Å²) in [6.07, 6.45) is -1.52. The lowest BCUT2D eigenvalue weighted by atomic mass is 9.73. The molecule has 0 aromatic heterocycles. The number of anilines is 2. The van der Waals surface area contributed by atoms with Crippen molar-refractivity contribution in [3.05, 3.63) is 82.1 Å². The number of allylic oxidation sites excluding steroid dienone is 2. The lowest BCUT2D eigenvalue weighted by Crippen LogP contribution is -2.52. The van der Waals surface area contributed by atoms with Crippen molar-refractivity contribution in [3.8, 4) is 0 Å². The van der Waals surface area contributed by atoms with Crippen LogP contribution in [0.1, 0.15) is 12.5 Å². The second kappa shape index (κ2) is 8.42. The Labute approximate surface area is 188 Å². The van der Waals surface area contributed by atoms with E-state index >= 15 is 4.39 Å². The molecule has 1 aliphatic rings. The van der Waals surface area contributed by atoms with E-state index in [1.54, 1.807) is 0 Å². The minimum absolute atomic E-state index is 0.0243. The number of nitrogens with zero attached hydrogens (tertiary/aromatic N) is 1. The Hall–Kier alpha value is -3.14. The van der Waals surface area contributed by atoms with Crippen LogP contribution >= 0.6 is 15.9 Å². The molecule has 10 heteroatoms. The Balaban J connectivity index is 2.43. The molecule has 0 radical (unpaired) electrons. The third kappa shape index (κ3) is 4.14. The molecule has 0 amide bonds. The predicted octanol–water partition coefficient (Wildman–Crippen LogP) is 5.79. The summed E-state index contributed by atoms with van der Waals surface area (Å²) in [6.45, 7) is 1.17. The van der Waals surface area contributed by atoms with E-state index in [1.165, 1.54) is 43.3 Å². The van der Waals surface area contributed by atoms with E-state index in [9.17, 15) is 33.0 Å². The molecule has 0 spiro atoms. The molecule has 0 saturated heterocycles. The number of carbonyl (C=O) groups is 2. The molecule has 2 atom stereocenters. The Morgan fingerprint density at radius 1 is 1.09 bits per heavy atom. The topological polar surface area (TPSA) is 77.8 Å². The molecule has 2 aromatic rings. The molecule has 0 heterocycles. The summed E-state index contributed by atoms with van der Waals surface area (Å²) in [5.74, 6) is -4.31. The third-order valence-corrected chi connectivity index (χ3v) is 5.71. The molecule has 0 bridgehead atoms. The van der Waals surface area contributed by atoms with Crippen molar-refractivity contribution in [1.82, 2.24) is 0 Å². The number of halogens is 5. The van der Waals surface area contributed by atoms with Crippen LogP contribution in [0.5, 0.6) is 0 Å². The molecule has 3 rings (SSSR count). The molecule has 2 unspecified atom stereocenters. The Morgan fingerprint density at radius 2 is 1.72 bits per heavy atom. The molecule has 2 N–H and O–H groups in total. The van der Waals surface area contributed by atoms with Gasteiger partial charge in [0.05, 0.1) is 22.9 Å². The Morgan fingerprint density at radius 3 is 2.25 bits per heavy atom. The number of aliphatic carboxylic acids is 2. The minimum Gasteiger partial charge on any atom is -0.481 e. The zero-order chi connectivity index (χ0) is 23.8. The highest BCUT2D eigenvalue weighted by molar-refractivity contribution is 9.10. The van der Waals surface area contributed by atoms with Gasteiger partial charge in [-0.1, -0.05) is 34.1 Å². The van der Waals surface area contributed by atoms with Gasteiger partial charge >= 0.3 is 18.1 Å². The van der Waals surface area contributed by atoms with Crippen LogP contribution < -0.4 is 4.90 Å². The smallest absolute Gasteiger partial charge is 0.418 e. The normalized spacial score (nSPS) is 20.6. The standard InChI is InChI=1S/C22H16BrF4NO4/c1-21(20(31)32)11-3-4-14(19(29)30)18(21)28(13-9-7-12(23)8-10-13)17-15(22(25,26)27)5-2-6-16(17)24/h2-11,18H,1H3,(H,29,30)(H,31,32). The van der Waals surface area contributed by atoms with E-state index < -0.39 is 52.2 Å². The van der Waals surface area contributed by atoms with E-state index in [0.717, 1.165) is 23.1 Å². The van der Waals surface area contributed by atoms with E-state index in [2.05, 4.69) is 15.9 Å². The molecule has 0 fully saturated rings. The molecule has 2 aromatic carbocycles. The number of benzene rings is 2. The summed E-state index contributed by atoms with van der Waals surface area (Å²) in [5.41, 5.74) is -4.86. The van der Waals surface area contributed by atoms with Crippen LogP contribution in [0.4, 0.5) is 28.9 Å². The second-order valence-electron chi connectivity index (χ2n) is 7.26. The number of carboxylic acid groups (broad SMARTS) is 2. The first-order valence-corrected chi connectivity index (χ1v) is 9.94. The van der Waals surface area contributed by atoms with Gasteiger partial charge in [0.25, 0.3) is 0 Å². The maximum atomic E-state index is 15.0. The maximum absolute atomic E-state index is 15.0. The highest BCUT2D eigenvalue weighted by atomic mass is 79.9. The first kappa shape index (κ1) is 23.5. The predicted molar refractivity (Wildman–Crippen MR) is 112 cm³/mol. The number of para-hydroxylation sites is 1. The molecule has 0 saturated carbocycles.